The highest BCUT2D eigenvalue weighted by Crippen LogP contribution is 2.21. The van der Waals surface area contributed by atoms with Gasteiger partial charge in [-0.25, -0.2) is 10.8 Å². The summed E-state index contributed by atoms with van der Waals surface area (Å²) in [6.45, 7) is 5.08. The molecule has 1 heterocycles. The zero-order valence-corrected chi connectivity index (χ0v) is 12.1. The molecular weight excluding hydrogens is 258 g/mol. The van der Waals surface area contributed by atoms with Gasteiger partial charge in [0, 0.05) is 6.54 Å². The highest BCUT2D eigenvalue weighted by Gasteiger charge is 2.12. The van der Waals surface area contributed by atoms with Crippen LogP contribution in [0.3, 0.4) is 0 Å². The number of nitrogens with zero attached hydrogens (tertiary/aromatic N) is 2. The molecule has 0 fully saturated rings. The maximum Gasteiger partial charge on any atom is 0.276 e. The summed E-state index contributed by atoms with van der Waals surface area (Å²) in [6, 6.07) is 2.73. The maximum absolute atomic E-state index is 10.8. The van der Waals surface area contributed by atoms with E-state index in [9.17, 15) is 10.1 Å². The van der Waals surface area contributed by atoms with Crippen LogP contribution in [-0.2, 0) is 0 Å². The quantitative estimate of drug-likeness (QED) is 0.365. The Morgan fingerprint density at radius 2 is 2.10 bits per heavy atom. The van der Waals surface area contributed by atoms with Crippen molar-refractivity contribution in [3.05, 3.63) is 22.2 Å². The molecule has 0 spiro atoms. The number of hydrazine groups is 1. The standard InChI is InChI=1S/C13H23N5O2/c1-3-5-6-10(4-2)9-15-12-7-11(18(19)20)8-13(16-12)17-14/h7-8,10H,3-6,9,14H2,1-2H3,(H2,15,16,17). The molecule has 1 rings (SSSR count). The summed E-state index contributed by atoms with van der Waals surface area (Å²) < 4.78 is 0. The number of hydrogen-bond acceptors (Lipinski definition) is 6. The summed E-state index contributed by atoms with van der Waals surface area (Å²) >= 11 is 0. The molecule has 20 heavy (non-hydrogen) atoms. The molecule has 0 aliphatic carbocycles. The second kappa shape index (κ2) is 8.31. The van der Waals surface area contributed by atoms with Gasteiger partial charge in [0.25, 0.3) is 5.69 Å². The number of rotatable bonds is 9. The predicted molar refractivity (Wildman–Crippen MR) is 80.5 cm³/mol. The van der Waals surface area contributed by atoms with Gasteiger partial charge in [-0.15, -0.1) is 0 Å². The van der Waals surface area contributed by atoms with Crippen molar-refractivity contribution in [3.8, 4) is 0 Å². The van der Waals surface area contributed by atoms with Crippen LogP contribution in [-0.4, -0.2) is 16.5 Å². The molecule has 0 amide bonds. The van der Waals surface area contributed by atoms with Gasteiger partial charge in [0.1, 0.15) is 11.6 Å². The van der Waals surface area contributed by atoms with Crippen LogP contribution in [0.25, 0.3) is 0 Å². The van der Waals surface area contributed by atoms with Crippen LogP contribution < -0.4 is 16.6 Å². The van der Waals surface area contributed by atoms with E-state index < -0.39 is 4.92 Å². The monoisotopic (exact) mass is 281 g/mol. The average Bonchev–Trinajstić information content (AvgIpc) is 2.47. The lowest BCUT2D eigenvalue weighted by Gasteiger charge is -2.16. The summed E-state index contributed by atoms with van der Waals surface area (Å²) in [6.07, 6.45) is 4.59. The molecule has 0 bridgehead atoms. The molecule has 1 unspecified atom stereocenters. The van der Waals surface area contributed by atoms with Crippen LogP contribution in [0, 0.1) is 16.0 Å². The summed E-state index contributed by atoms with van der Waals surface area (Å²) in [4.78, 5) is 14.6. The van der Waals surface area contributed by atoms with E-state index in [1.54, 1.807) is 0 Å². The third kappa shape index (κ3) is 5.00. The number of aromatic nitrogens is 1. The molecule has 0 saturated carbocycles. The third-order valence-corrected chi connectivity index (χ3v) is 3.28. The zero-order chi connectivity index (χ0) is 15.0. The van der Waals surface area contributed by atoms with Crippen LogP contribution in [0.4, 0.5) is 17.3 Å². The molecule has 112 valence electrons. The average molecular weight is 281 g/mol. The Morgan fingerprint density at radius 1 is 1.40 bits per heavy atom. The molecular formula is C13H23N5O2. The van der Waals surface area contributed by atoms with Crippen molar-refractivity contribution in [1.29, 1.82) is 0 Å². The fourth-order valence-electron chi connectivity index (χ4n) is 1.98. The lowest BCUT2D eigenvalue weighted by molar-refractivity contribution is -0.384. The van der Waals surface area contributed by atoms with Gasteiger partial charge in [-0.3, -0.25) is 10.1 Å². The topological polar surface area (TPSA) is 106 Å². The molecule has 0 radical (unpaired) electrons. The van der Waals surface area contributed by atoms with E-state index in [1.807, 2.05) is 0 Å². The second-order valence-corrected chi connectivity index (χ2v) is 4.79. The fraction of sp³-hybridized carbons (Fsp3) is 0.615. The number of hydrogen-bond donors (Lipinski definition) is 3. The van der Waals surface area contributed by atoms with Crippen LogP contribution >= 0.6 is 0 Å². The second-order valence-electron chi connectivity index (χ2n) is 4.79. The van der Waals surface area contributed by atoms with Gasteiger partial charge >= 0.3 is 0 Å². The number of unbranched alkanes of at least 4 members (excludes halogenated alkanes) is 1. The minimum absolute atomic E-state index is 0.0305. The Balaban J connectivity index is 2.70. The van der Waals surface area contributed by atoms with Crippen molar-refractivity contribution in [2.24, 2.45) is 11.8 Å². The molecule has 7 heteroatoms. The van der Waals surface area contributed by atoms with Gasteiger partial charge in [-0.1, -0.05) is 33.1 Å². The normalized spacial score (nSPS) is 11.9. The zero-order valence-electron chi connectivity index (χ0n) is 12.1. The smallest absolute Gasteiger partial charge is 0.276 e. The SMILES string of the molecule is CCCCC(CC)CNc1cc([N+](=O)[O-])cc(NN)n1. The molecule has 1 aromatic heterocycles. The Labute approximate surface area is 119 Å². The van der Waals surface area contributed by atoms with Gasteiger partial charge in [0.15, 0.2) is 0 Å². The first-order valence-corrected chi connectivity index (χ1v) is 6.97. The Kier molecular flexibility index (Phi) is 6.72. The summed E-state index contributed by atoms with van der Waals surface area (Å²) in [5.74, 6) is 6.57. The number of pyridine rings is 1. The number of nitro groups is 1. The van der Waals surface area contributed by atoms with E-state index in [2.05, 4.69) is 29.6 Å². The Hall–Kier alpha value is -1.89. The largest absolute Gasteiger partial charge is 0.370 e. The number of nitrogens with one attached hydrogen (secondary N) is 2. The van der Waals surface area contributed by atoms with Crippen molar-refractivity contribution < 1.29 is 4.92 Å². The van der Waals surface area contributed by atoms with Crippen LogP contribution in [0.5, 0.6) is 0 Å². The van der Waals surface area contributed by atoms with E-state index in [4.69, 9.17) is 5.84 Å². The lowest BCUT2D eigenvalue weighted by atomic mass is 9.99. The van der Waals surface area contributed by atoms with Crippen LogP contribution in [0.15, 0.2) is 12.1 Å². The highest BCUT2D eigenvalue weighted by atomic mass is 16.6. The van der Waals surface area contributed by atoms with Crippen LogP contribution in [0.1, 0.15) is 39.5 Å². The van der Waals surface area contributed by atoms with Gasteiger partial charge < -0.3 is 10.7 Å². The summed E-state index contributed by atoms with van der Waals surface area (Å²) in [5.41, 5.74) is 2.31. The molecule has 0 aromatic carbocycles. The first-order valence-electron chi connectivity index (χ1n) is 6.97. The Bertz CT molecular complexity index is 439. The van der Waals surface area contributed by atoms with E-state index >= 15 is 0 Å². The van der Waals surface area contributed by atoms with Crippen molar-refractivity contribution in [3.63, 3.8) is 0 Å². The first kappa shape index (κ1) is 16.2. The van der Waals surface area contributed by atoms with Crippen molar-refractivity contribution in [2.75, 3.05) is 17.3 Å². The number of nitrogens with two attached hydrogens (primary N) is 1. The fourth-order valence-corrected chi connectivity index (χ4v) is 1.98. The van der Waals surface area contributed by atoms with E-state index in [0.29, 0.717) is 11.7 Å². The molecule has 0 saturated heterocycles. The molecule has 0 aliphatic heterocycles. The lowest BCUT2D eigenvalue weighted by Crippen LogP contribution is -2.16. The minimum Gasteiger partial charge on any atom is -0.370 e. The predicted octanol–water partition coefficient (Wildman–Crippen LogP) is 2.90. The summed E-state index contributed by atoms with van der Waals surface area (Å²) in [5, 5.41) is 14.0. The molecule has 1 atom stereocenters. The van der Waals surface area contributed by atoms with Gasteiger partial charge in [0.2, 0.25) is 0 Å². The van der Waals surface area contributed by atoms with E-state index in [0.717, 1.165) is 19.4 Å². The molecule has 0 aliphatic rings. The maximum atomic E-state index is 10.8. The van der Waals surface area contributed by atoms with Crippen molar-refractivity contribution in [1.82, 2.24) is 4.98 Å². The van der Waals surface area contributed by atoms with Crippen LogP contribution in [0.2, 0.25) is 0 Å². The molecule has 7 nitrogen and oxygen atoms in total. The number of anilines is 2. The van der Waals surface area contributed by atoms with Crippen molar-refractivity contribution in [2.45, 2.75) is 39.5 Å². The van der Waals surface area contributed by atoms with Gasteiger partial charge in [-0.2, -0.15) is 0 Å². The summed E-state index contributed by atoms with van der Waals surface area (Å²) in [7, 11) is 0. The van der Waals surface area contributed by atoms with E-state index in [1.165, 1.54) is 25.0 Å². The van der Waals surface area contributed by atoms with Crippen molar-refractivity contribution >= 4 is 17.3 Å². The number of nitrogen functional groups attached to an aromatic ring is 1. The molecule has 4 N–H and O–H groups in total. The van der Waals surface area contributed by atoms with Gasteiger partial charge in [0.05, 0.1) is 17.1 Å². The first-order chi connectivity index (χ1) is 9.60. The highest BCUT2D eigenvalue weighted by molar-refractivity contribution is 5.54. The van der Waals surface area contributed by atoms with Gasteiger partial charge in [-0.05, 0) is 12.3 Å². The molecule has 1 aromatic rings. The Morgan fingerprint density at radius 3 is 2.65 bits per heavy atom. The third-order valence-electron chi connectivity index (χ3n) is 3.28. The van der Waals surface area contributed by atoms with E-state index in [-0.39, 0.29) is 11.5 Å². The minimum atomic E-state index is -0.456.